The lowest BCUT2D eigenvalue weighted by Crippen LogP contribution is -2.08. The fourth-order valence-corrected chi connectivity index (χ4v) is 0.197. The summed E-state index contributed by atoms with van der Waals surface area (Å²) in [6.45, 7) is 7.21. The van der Waals surface area contributed by atoms with Gasteiger partial charge in [0.2, 0.25) is 0 Å². The highest BCUT2D eigenvalue weighted by Gasteiger charge is 2.00. The molecule has 0 aliphatic rings. The van der Waals surface area contributed by atoms with E-state index < -0.39 is 0 Å². The fraction of sp³-hybridized carbons (Fsp3) is 0.667. The van der Waals surface area contributed by atoms with E-state index in [1.807, 2.05) is 6.92 Å². The lowest BCUT2D eigenvalue weighted by Gasteiger charge is -2.06. The van der Waals surface area contributed by atoms with Crippen LogP contribution in [-0.2, 0) is 0 Å². The molecule has 1 nitrogen and oxygen atoms in total. The standard InChI is InChI=1S/C6H12O/c1-4-5(2)6(3)7/h4-7H,1H2,2-3H3/t5-,6-/m1/s1. The number of hydrogen-bond donors (Lipinski definition) is 1. The molecule has 0 amide bonds. The van der Waals surface area contributed by atoms with Crippen molar-refractivity contribution >= 4 is 0 Å². The molecule has 0 aromatic rings. The minimum absolute atomic E-state index is 0.222. The second-order valence-corrected chi connectivity index (χ2v) is 1.84. The topological polar surface area (TPSA) is 20.2 Å². The maximum Gasteiger partial charge on any atom is 0.0571 e. The lowest BCUT2D eigenvalue weighted by molar-refractivity contribution is 0.157. The van der Waals surface area contributed by atoms with Gasteiger partial charge < -0.3 is 5.11 Å². The average Bonchev–Trinajstić information content (AvgIpc) is 1.65. The second-order valence-electron chi connectivity index (χ2n) is 1.84. The summed E-state index contributed by atoms with van der Waals surface area (Å²) >= 11 is 0. The number of aliphatic hydroxyl groups excluding tert-OH is 1. The van der Waals surface area contributed by atoms with E-state index in [0.29, 0.717) is 0 Å². The summed E-state index contributed by atoms with van der Waals surface area (Å²) in [5.74, 6) is 0.222. The van der Waals surface area contributed by atoms with Crippen molar-refractivity contribution in [3.63, 3.8) is 0 Å². The van der Waals surface area contributed by atoms with Crippen LogP contribution in [0, 0.1) is 5.92 Å². The molecule has 0 aliphatic heterocycles. The third-order valence-electron chi connectivity index (χ3n) is 1.13. The lowest BCUT2D eigenvalue weighted by atomic mass is 10.1. The molecule has 0 fully saturated rings. The third-order valence-corrected chi connectivity index (χ3v) is 1.13. The van der Waals surface area contributed by atoms with Gasteiger partial charge in [-0.1, -0.05) is 13.0 Å². The predicted octanol–water partition coefficient (Wildman–Crippen LogP) is 1.19. The maximum absolute atomic E-state index is 8.75. The minimum atomic E-state index is -0.252. The first kappa shape index (κ1) is 6.70. The van der Waals surface area contributed by atoms with Crippen molar-refractivity contribution in [2.24, 2.45) is 5.92 Å². The van der Waals surface area contributed by atoms with Crippen molar-refractivity contribution in [1.29, 1.82) is 0 Å². The fourth-order valence-electron chi connectivity index (χ4n) is 0.197. The van der Waals surface area contributed by atoms with Gasteiger partial charge in [0.25, 0.3) is 0 Å². The molecule has 0 unspecified atom stereocenters. The van der Waals surface area contributed by atoms with Crippen LogP contribution in [0.2, 0.25) is 0 Å². The quantitative estimate of drug-likeness (QED) is 0.517. The van der Waals surface area contributed by atoms with Crippen molar-refractivity contribution in [1.82, 2.24) is 0 Å². The maximum atomic E-state index is 8.75. The van der Waals surface area contributed by atoms with E-state index in [2.05, 4.69) is 6.58 Å². The van der Waals surface area contributed by atoms with Crippen molar-refractivity contribution < 1.29 is 5.11 Å². The van der Waals surface area contributed by atoms with Crippen molar-refractivity contribution in [3.8, 4) is 0 Å². The minimum Gasteiger partial charge on any atom is -0.393 e. The molecule has 2 atom stereocenters. The highest BCUT2D eigenvalue weighted by atomic mass is 16.3. The van der Waals surface area contributed by atoms with Gasteiger partial charge in [-0.3, -0.25) is 0 Å². The van der Waals surface area contributed by atoms with E-state index >= 15 is 0 Å². The van der Waals surface area contributed by atoms with E-state index in [4.69, 9.17) is 5.11 Å². The summed E-state index contributed by atoms with van der Waals surface area (Å²) in [6.07, 6.45) is 1.49. The monoisotopic (exact) mass is 100 g/mol. The summed E-state index contributed by atoms with van der Waals surface area (Å²) in [7, 11) is 0. The van der Waals surface area contributed by atoms with Gasteiger partial charge in [0.1, 0.15) is 0 Å². The Hall–Kier alpha value is -0.300. The third kappa shape index (κ3) is 2.40. The molecule has 7 heavy (non-hydrogen) atoms. The normalized spacial score (nSPS) is 18.1. The van der Waals surface area contributed by atoms with E-state index in [0.717, 1.165) is 0 Å². The van der Waals surface area contributed by atoms with Gasteiger partial charge >= 0.3 is 0 Å². The number of hydrogen-bond acceptors (Lipinski definition) is 1. The smallest absolute Gasteiger partial charge is 0.0571 e. The number of rotatable bonds is 2. The Bertz CT molecular complexity index is 57.2. The molecular weight excluding hydrogens is 88.1 g/mol. The van der Waals surface area contributed by atoms with Crippen LogP contribution in [0.3, 0.4) is 0 Å². The Morgan fingerprint density at radius 2 is 2.00 bits per heavy atom. The zero-order valence-electron chi connectivity index (χ0n) is 4.89. The molecule has 0 radical (unpaired) electrons. The van der Waals surface area contributed by atoms with Gasteiger partial charge in [0, 0.05) is 0 Å². The Morgan fingerprint density at radius 3 is 2.00 bits per heavy atom. The van der Waals surface area contributed by atoms with Crippen molar-refractivity contribution in [2.45, 2.75) is 20.0 Å². The predicted molar refractivity (Wildman–Crippen MR) is 31.0 cm³/mol. The van der Waals surface area contributed by atoms with Gasteiger partial charge in [0.15, 0.2) is 0 Å². The highest BCUT2D eigenvalue weighted by Crippen LogP contribution is 2.00. The van der Waals surface area contributed by atoms with E-state index in [9.17, 15) is 0 Å². The molecular formula is C6H12O. The molecule has 0 saturated carbocycles. The molecule has 0 rings (SSSR count). The Balaban J connectivity index is 3.33. The van der Waals surface area contributed by atoms with Gasteiger partial charge in [-0.15, -0.1) is 6.58 Å². The van der Waals surface area contributed by atoms with Crippen LogP contribution in [0.1, 0.15) is 13.8 Å². The molecule has 42 valence electrons. The molecule has 0 aromatic carbocycles. The Kier molecular flexibility index (Phi) is 2.68. The van der Waals surface area contributed by atoms with Gasteiger partial charge in [0.05, 0.1) is 6.10 Å². The van der Waals surface area contributed by atoms with E-state index in [-0.39, 0.29) is 12.0 Å². The summed E-state index contributed by atoms with van der Waals surface area (Å²) in [5, 5.41) is 8.75. The Labute approximate surface area is 44.7 Å². The SMILES string of the molecule is C=C[C@@H](C)[C@@H](C)O. The summed E-state index contributed by atoms with van der Waals surface area (Å²) in [5.41, 5.74) is 0. The van der Waals surface area contributed by atoms with Crippen LogP contribution in [-0.4, -0.2) is 11.2 Å². The van der Waals surface area contributed by atoms with Gasteiger partial charge in [-0.2, -0.15) is 0 Å². The van der Waals surface area contributed by atoms with Crippen molar-refractivity contribution in [3.05, 3.63) is 12.7 Å². The first-order chi connectivity index (χ1) is 3.18. The molecule has 0 spiro atoms. The van der Waals surface area contributed by atoms with Crippen LogP contribution in [0.5, 0.6) is 0 Å². The second kappa shape index (κ2) is 2.80. The molecule has 0 aliphatic carbocycles. The summed E-state index contributed by atoms with van der Waals surface area (Å²) in [6, 6.07) is 0. The summed E-state index contributed by atoms with van der Waals surface area (Å²) < 4.78 is 0. The van der Waals surface area contributed by atoms with Crippen LogP contribution < -0.4 is 0 Å². The van der Waals surface area contributed by atoms with Crippen LogP contribution in [0.25, 0.3) is 0 Å². The van der Waals surface area contributed by atoms with Crippen LogP contribution in [0.15, 0.2) is 12.7 Å². The first-order valence-electron chi connectivity index (χ1n) is 2.49. The molecule has 1 N–H and O–H groups in total. The largest absolute Gasteiger partial charge is 0.393 e. The molecule has 1 heteroatoms. The number of aliphatic hydroxyl groups is 1. The average molecular weight is 100 g/mol. The van der Waals surface area contributed by atoms with Gasteiger partial charge in [-0.05, 0) is 12.8 Å². The van der Waals surface area contributed by atoms with Crippen LogP contribution >= 0.6 is 0 Å². The van der Waals surface area contributed by atoms with Gasteiger partial charge in [-0.25, -0.2) is 0 Å². The van der Waals surface area contributed by atoms with Crippen LogP contribution in [0.4, 0.5) is 0 Å². The molecule has 0 saturated heterocycles. The highest BCUT2D eigenvalue weighted by molar-refractivity contribution is 4.78. The van der Waals surface area contributed by atoms with E-state index in [1.165, 1.54) is 0 Å². The van der Waals surface area contributed by atoms with E-state index in [1.54, 1.807) is 13.0 Å². The zero-order valence-corrected chi connectivity index (χ0v) is 4.89. The first-order valence-corrected chi connectivity index (χ1v) is 2.49. The van der Waals surface area contributed by atoms with Crippen molar-refractivity contribution in [2.75, 3.05) is 0 Å². The molecule has 0 aromatic heterocycles. The zero-order chi connectivity index (χ0) is 5.86. The molecule has 0 heterocycles. The summed E-state index contributed by atoms with van der Waals surface area (Å²) in [4.78, 5) is 0. The Morgan fingerprint density at radius 1 is 1.57 bits per heavy atom. The molecule has 0 bridgehead atoms.